The Labute approximate surface area is 116 Å². The molecule has 0 aromatic carbocycles. The maximum absolute atomic E-state index is 4.60. The molecule has 0 bridgehead atoms. The van der Waals surface area contributed by atoms with E-state index in [1.165, 1.54) is 4.90 Å². The quantitative estimate of drug-likeness (QED) is 0.746. The summed E-state index contributed by atoms with van der Waals surface area (Å²) < 4.78 is 0. The Morgan fingerprint density at radius 1 is 1.22 bits per heavy atom. The summed E-state index contributed by atoms with van der Waals surface area (Å²) in [6.07, 6.45) is 3.09. The van der Waals surface area contributed by atoms with Crippen LogP contribution in [0.2, 0.25) is 0 Å². The minimum Gasteiger partial charge on any atom is -0.309 e. The average molecular weight is 266 g/mol. The van der Waals surface area contributed by atoms with Crippen LogP contribution in [0.5, 0.6) is 0 Å². The summed E-state index contributed by atoms with van der Waals surface area (Å²) in [6.45, 7) is 12.1. The van der Waals surface area contributed by atoms with Crippen LogP contribution < -0.4 is 5.32 Å². The minimum absolute atomic E-state index is 0.386. The Morgan fingerprint density at radius 3 is 2.39 bits per heavy atom. The molecule has 1 aromatic rings. The van der Waals surface area contributed by atoms with Crippen LogP contribution in [0.15, 0.2) is 23.2 Å². The van der Waals surface area contributed by atoms with E-state index in [1.807, 2.05) is 18.0 Å². The summed E-state index contributed by atoms with van der Waals surface area (Å²) in [5.74, 6) is 0.694. The van der Waals surface area contributed by atoms with E-state index in [0.717, 1.165) is 18.7 Å². The molecule has 0 saturated carbocycles. The number of rotatable bonds is 7. The van der Waals surface area contributed by atoms with Crippen LogP contribution in [0.3, 0.4) is 0 Å². The van der Waals surface area contributed by atoms with Gasteiger partial charge in [0.2, 0.25) is 0 Å². The number of thioether (sulfide) groups is 1. The lowest BCUT2D eigenvalue weighted by Crippen LogP contribution is -2.20. The fourth-order valence-corrected chi connectivity index (χ4v) is 2.68. The van der Waals surface area contributed by atoms with E-state index in [9.17, 15) is 0 Å². The third-order valence-electron chi connectivity index (χ3n) is 3.24. The largest absolute Gasteiger partial charge is 0.309 e. The molecule has 1 aromatic heterocycles. The molecule has 0 spiro atoms. The first-order valence-corrected chi connectivity index (χ1v) is 7.82. The van der Waals surface area contributed by atoms with E-state index in [1.54, 1.807) is 0 Å². The van der Waals surface area contributed by atoms with Crippen LogP contribution in [0.4, 0.5) is 0 Å². The highest BCUT2D eigenvalue weighted by Crippen LogP contribution is 2.27. The van der Waals surface area contributed by atoms with Crippen molar-refractivity contribution in [3.63, 3.8) is 0 Å². The number of nitrogens with one attached hydrogen (secondary N) is 1. The smallest absolute Gasteiger partial charge is 0.0573 e. The van der Waals surface area contributed by atoms with Crippen LogP contribution >= 0.6 is 11.8 Å². The molecule has 0 fully saturated rings. The predicted octanol–water partition coefficient (Wildman–Crippen LogP) is 4.28. The molecule has 1 N–H and O–H groups in total. The van der Waals surface area contributed by atoms with Crippen molar-refractivity contribution in [1.29, 1.82) is 0 Å². The fourth-order valence-electron chi connectivity index (χ4n) is 1.72. The van der Waals surface area contributed by atoms with Gasteiger partial charge in [-0.2, -0.15) is 0 Å². The Hall–Kier alpha value is -0.540. The van der Waals surface area contributed by atoms with Gasteiger partial charge in [0.05, 0.1) is 5.69 Å². The molecule has 2 unspecified atom stereocenters. The van der Waals surface area contributed by atoms with Crippen molar-refractivity contribution in [3.8, 4) is 0 Å². The topological polar surface area (TPSA) is 24.9 Å². The monoisotopic (exact) mass is 266 g/mol. The van der Waals surface area contributed by atoms with Gasteiger partial charge in [-0.3, -0.25) is 4.98 Å². The molecule has 1 rings (SSSR count). The van der Waals surface area contributed by atoms with Crippen molar-refractivity contribution in [2.75, 3.05) is 6.54 Å². The van der Waals surface area contributed by atoms with Crippen molar-refractivity contribution in [1.82, 2.24) is 10.3 Å². The summed E-state index contributed by atoms with van der Waals surface area (Å²) in [6, 6.07) is 4.74. The Balaban J connectivity index is 2.67. The molecular weight excluding hydrogens is 240 g/mol. The maximum Gasteiger partial charge on any atom is 0.0573 e. The lowest BCUT2D eigenvalue weighted by Gasteiger charge is -2.17. The zero-order valence-corrected chi connectivity index (χ0v) is 13.1. The zero-order chi connectivity index (χ0) is 13.5. The van der Waals surface area contributed by atoms with Gasteiger partial charge in [-0.05, 0) is 31.0 Å². The summed E-state index contributed by atoms with van der Waals surface area (Å²) >= 11 is 1.91. The fraction of sp³-hybridized carbons (Fsp3) is 0.667. The second-order valence-corrected chi connectivity index (χ2v) is 6.45. The van der Waals surface area contributed by atoms with Crippen LogP contribution in [-0.2, 0) is 0 Å². The average Bonchev–Trinajstić information content (AvgIpc) is 2.37. The highest BCUT2D eigenvalue weighted by atomic mass is 32.2. The van der Waals surface area contributed by atoms with Crippen LogP contribution in [0.25, 0.3) is 0 Å². The molecule has 0 aliphatic rings. The van der Waals surface area contributed by atoms with Crippen molar-refractivity contribution in [3.05, 3.63) is 24.0 Å². The van der Waals surface area contributed by atoms with Gasteiger partial charge in [0.25, 0.3) is 0 Å². The van der Waals surface area contributed by atoms with Gasteiger partial charge >= 0.3 is 0 Å². The molecule has 102 valence electrons. The molecule has 2 nitrogen and oxygen atoms in total. The Bertz CT molecular complexity index is 335. The second kappa shape index (κ2) is 7.80. The Kier molecular flexibility index (Phi) is 6.72. The van der Waals surface area contributed by atoms with Gasteiger partial charge in [-0.1, -0.05) is 34.6 Å². The predicted molar refractivity (Wildman–Crippen MR) is 81.1 cm³/mol. The maximum atomic E-state index is 4.60. The SMILES string of the molecule is CCNC(CC)c1ccc(SC(C)C(C)C)cn1. The van der Waals surface area contributed by atoms with Gasteiger partial charge in [0, 0.05) is 22.4 Å². The lowest BCUT2D eigenvalue weighted by atomic mass is 10.1. The van der Waals surface area contributed by atoms with Gasteiger partial charge in [-0.15, -0.1) is 11.8 Å². The molecule has 0 amide bonds. The van der Waals surface area contributed by atoms with Crippen molar-refractivity contribution < 1.29 is 0 Å². The van der Waals surface area contributed by atoms with Crippen molar-refractivity contribution >= 4 is 11.8 Å². The van der Waals surface area contributed by atoms with E-state index in [4.69, 9.17) is 0 Å². The summed E-state index contributed by atoms with van der Waals surface area (Å²) in [7, 11) is 0. The Morgan fingerprint density at radius 2 is 1.94 bits per heavy atom. The van der Waals surface area contributed by atoms with Crippen LogP contribution in [-0.4, -0.2) is 16.8 Å². The van der Waals surface area contributed by atoms with Gasteiger partial charge in [-0.25, -0.2) is 0 Å². The summed E-state index contributed by atoms with van der Waals surface area (Å²) in [5.41, 5.74) is 1.15. The number of hydrogen-bond donors (Lipinski definition) is 1. The van der Waals surface area contributed by atoms with Gasteiger partial charge in [0.1, 0.15) is 0 Å². The zero-order valence-electron chi connectivity index (χ0n) is 12.2. The lowest BCUT2D eigenvalue weighted by molar-refractivity contribution is 0.524. The van der Waals surface area contributed by atoms with E-state index in [-0.39, 0.29) is 0 Å². The molecule has 2 atom stereocenters. The highest BCUT2D eigenvalue weighted by Gasteiger charge is 2.11. The third kappa shape index (κ3) is 4.62. The summed E-state index contributed by atoms with van der Waals surface area (Å²) in [5, 5.41) is 4.09. The molecule has 0 radical (unpaired) electrons. The number of hydrogen-bond acceptors (Lipinski definition) is 3. The van der Waals surface area contributed by atoms with Crippen molar-refractivity contribution in [2.24, 2.45) is 5.92 Å². The van der Waals surface area contributed by atoms with Crippen LogP contribution in [0.1, 0.15) is 52.8 Å². The molecule has 3 heteroatoms. The first kappa shape index (κ1) is 15.5. The molecule has 0 aliphatic carbocycles. The first-order chi connectivity index (χ1) is 8.58. The highest BCUT2D eigenvalue weighted by molar-refractivity contribution is 8.00. The molecule has 0 saturated heterocycles. The van der Waals surface area contributed by atoms with Gasteiger partial charge in [0.15, 0.2) is 0 Å². The molecule has 18 heavy (non-hydrogen) atoms. The first-order valence-electron chi connectivity index (χ1n) is 6.94. The third-order valence-corrected chi connectivity index (χ3v) is 4.67. The second-order valence-electron chi connectivity index (χ2n) is 5.00. The van der Waals surface area contributed by atoms with Gasteiger partial charge < -0.3 is 5.32 Å². The molecule has 0 aliphatic heterocycles. The van der Waals surface area contributed by atoms with Crippen LogP contribution in [0, 0.1) is 5.92 Å². The van der Waals surface area contributed by atoms with E-state index in [2.05, 4.69) is 57.1 Å². The van der Waals surface area contributed by atoms with E-state index >= 15 is 0 Å². The van der Waals surface area contributed by atoms with E-state index < -0.39 is 0 Å². The number of pyridine rings is 1. The summed E-state index contributed by atoms with van der Waals surface area (Å²) in [4.78, 5) is 5.87. The standard InChI is InChI=1S/C15H26N2S/c1-6-14(16-7-2)15-9-8-13(10-17-15)18-12(5)11(3)4/h8-12,14,16H,6-7H2,1-5H3. The number of aromatic nitrogens is 1. The molecule has 1 heterocycles. The number of nitrogens with zero attached hydrogens (tertiary/aromatic N) is 1. The normalized spacial score (nSPS) is 14.8. The van der Waals surface area contributed by atoms with E-state index in [0.29, 0.717) is 17.2 Å². The minimum atomic E-state index is 0.386. The van der Waals surface area contributed by atoms with Crippen molar-refractivity contribution in [2.45, 2.75) is 57.2 Å². The molecular formula is C15H26N2S.